The molecule has 0 aliphatic heterocycles. The van der Waals surface area contributed by atoms with Crippen LogP contribution in [-0.4, -0.2) is 11.5 Å². The number of pyridine rings is 1. The quantitative estimate of drug-likeness (QED) is 0.519. The van der Waals surface area contributed by atoms with Crippen LogP contribution in [0.15, 0.2) is 18.2 Å². The van der Waals surface area contributed by atoms with Crippen molar-refractivity contribution in [3.05, 3.63) is 18.2 Å². The third kappa shape index (κ3) is 2.39. The van der Waals surface area contributed by atoms with Crippen molar-refractivity contribution >= 4 is 11.6 Å². The number of aromatic nitrogens is 1. The highest BCUT2D eigenvalue weighted by Gasteiger charge is 2.44. The molecule has 0 radical (unpaired) electrons. The Morgan fingerprint density at radius 2 is 2.13 bits per heavy atom. The van der Waals surface area contributed by atoms with Crippen LogP contribution in [0.25, 0.3) is 0 Å². The molecule has 1 aliphatic rings. The first-order valence-corrected chi connectivity index (χ1v) is 5.29. The molecule has 0 amide bonds. The minimum absolute atomic E-state index is 0.511. The highest BCUT2D eigenvalue weighted by Crippen LogP contribution is 2.51. The van der Waals surface area contributed by atoms with Crippen LogP contribution in [0.4, 0.5) is 11.6 Å². The predicted octanol–water partition coefficient (Wildman–Crippen LogP) is 1.83. The molecule has 0 aromatic carbocycles. The second-order valence-electron chi connectivity index (χ2n) is 4.82. The predicted molar refractivity (Wildman–Crippen MR) is 62.4 cm³/mol. The van der Waals surface area contributed by atoms with Crippen molar-refractivity contribution in [2.75, 3.05) is 17.3 Å². The summed E-state index contributed by atoms with van der Waals surface area (Å²) in [5.74, 6) is 7.63. The molecule has 1 aromatic rings. The van der Waals surface area contributed by atoms with Gasteiger partial charge in [-0.2, -0.15) is 0 Å². The van der Waals surface area contributed by atoms with E-state index >= 15 is 0 Å². The lowest BCUT2D eigenvalue weighted by atomic mass is 10.1. The number of nitrogens with one attached hydrogen (secondary N) is 2. The maximum atomic E-state index is 5.29. The number of hydrogen-bond acceptors (Lipinski definition) is 4. The number of anilines is 2. The molecule has 1 heterocycles. The van der Waals surface area contributed by atoms with Gasteiger partial charge in [0.1, 0.15) is 11.6 Å². The van der Waals surface area contributed by atoms with Gasteiger partial charge in [0.15, 0.2) is 0 Å². The van der Waals surface area contributed by atoms with Gasteiger partial charge in [-0.05, 0) is 29.9 Å². The molecular weight excluding hydrogens is 188 g/mol. The Morgan fingerprint density at radius 3 is 2.73 bits per heavy atom. The minimum Gasteiger partial charge on any atom is -0.370 e. The summed E-state index contributed by atoms with van der Waals surface area (Å²) in [4.78, 5) is 4.29. The van der Waals surface area contributed by atoms with Gasteiger partial charge in [0.05, 0.1) is 0 Å². The summed E-state index contributed by atoms with van der Waals surface area (Å²) in [6.45, 7) is 5.59. The van der Waals surface area contributed by atoms with Gasteiger partial charge < -0.3 is 10.7 Å². The largest absolute Gasteiger partial charge is 0.370 e. The van der Waals surface area contributed by atoms with Gasteiger partial charge in [-0.15, -0.1) is 0 Å². The first kappa shape index (κ1) is 10.2. The van der Waals surface area contributed by atoms with Gasteiger partial charge in [0.2, 0.25) is 0 Å². The zero-order valence-electron chi connectivity index (χ0n) is 9.25. The number of nitrogens with zero attached hydrogens (tertiary/aromatic N) is 1. The van der Waals surface area contributed by atoms with Gasteiger partial charge >= 0.3 is 0 Å². The number of nitrogen functional groups attached to an aromatic ring is 1. The van der Waals surface area contributed by atoms with Crippen molar-refractivity contribution in [2.45, 2.75) is 20.3 Å². The fourth-order valence-corrected chi connectivity index (χ4v) is 1.77. The first-order valence-electron chi connectivity index (χ1n) is 5.29. The summed E-state index contributed by atoms with van der Waals surface area (Å²) in [5, 5.41) is 3.33. The molecular formula is C11H18N4. The molecule has 0 bridgehead atoms. The van der Waals surface area contributed by atoms with Crippen molar-refractivity contribution < 1.29 is 0 Å². The van der Waals surface area contributed by atoms with Crippen molar-refractivity contribution in [2.24, 2.45) is 17.2 Å². The Hall–Kier alpha value is -1.29. The summed E-state index contributed by atoms with van der Waals surface area (Å²) >= 11 is 0. The van der Waals surface area contributed by atoms with Crippen LogP contribution in [0.3, 0.4) is 0 Å². The fraction of sp³-hybridized carbons (Fsp3) is 0.545. The second-order valence-corrected chi connectivity index (χ2v) is 4.82. The first-order chi connectivity index (χ1) is 7.12. The van der Waals surface area contributed by atoms with E-state index in [-0.39, 0.29) is 0 Å². The van der Waals surface area contributed by atoms with E-state index in [9.17, 15) is 0 Å². The number of hydrogen-bond donors (Lipinski definition) is 3. The monoisotopic (exact) mass is 206 g/mol. The maximum Gasteiger partial charge on any atom is 0.142 e. The molecule has 0 spiro atoms. The minimum atomic E-state index is 0.511. The second kappa shape index (κ2) is 3.70. The van der Waals surface area contributed by atoms with Crippen LogP contribution in [0.2, 0.25) is 0 Å². The molecule has 15 heavy (non-hydrogen) atoms. The topological polar surface area (TPSA) is 63.0 Å². The summed E-state index contributed by atoms with van der Waals surface area (Å²) in [7, 11) is 0. The van der Waals surface area contributed by atoms with E-state index in [1.807, 2.05) is 18.2 Å². The summed E-state index contributed by atoms with van der Waals surface area (Å²) < 4.78 is 0. The molecule has 82 valence electrons. The van der Waals surface area contributed by atoms with Gasteiger partial charge in [0, 0.05) is 6.54 Å². The van der Waals surface area contributed by atoms with Crippen molar-refractivity contribution in [1.82, 2.24) is 4.98 Å². The summed E-state index contributed by atoms with van der Waals surface area (Å²) in [5.41, 5.74) is 3.05. The molecule has 4 heteroatoms. The molecule has 4 nitrogen and oxygen atoms in total. The van der Waals surface area contributed by atoms with Gasteiger partial charge in [-0.3, -0.25) is 0 Å². The Morgan fingerprint density at radius 1 is 1.47 bits per heavy atom. The van der Waals surface area contributed by atoms with E-state index in [0.29, 0.717) is 11.2 Å². The van der Waals surface area contributed by atoms with Crippen LogP contribution in [0.5, 0.6) is 0 Å². The molecule has 1 fully saturated rings. The third-order valence-electron chi connectivity index (χ3n) is 3.14. The smallest absolute Gasteiger partial charge is 0.142 e. The third-order valence-corrected chi connectivity index (χ3v) is 3.14. The van der Waals surface area contributed by atoms with E-state index in [2.05, 4.69) is 29.6 Å². The van der Waals surface area contributed by atoms with Crippen LogP contribution in [0, 0.1) is 11.3 Å². The summed E-state index contributed by atoms with van der Waals surface area (Å²) in [6.07, 6.45) is 1.30. The van der Waals surface area contributed by atoms with E-state index < -0.39 is 0 Å². The molecule has 1 unspecified atom stereocenters. The molecule has 0 saturated heterocycles. The number of nitrogens with two attached hydrogens (primary N) is 1. The van der Waals surface area contributed by atoms with Crippen molar-refractivity contribution in [3.8, 4) is 0 Å². The van der Waals surface area contributed by atoms with Crippen molar-refractivity contribution in [3.63, 3.8) is 0 Å². The van der Waals surface area contributed by atoms with Crippen LogP contribution in [0.1, 0.15) is 20.3 Å². The molecule has 1 saturated carbocycles. The zero-order chi connectivity index (χ0) is 10.9. The Balaban J connectivity index is 1.88. The van der Waals surface area contributed by atoms with Crippen LogP contribution in [-0.2, 0) is 0 Å². The van der Waals surface area contributed by atoms with Crippen LogP contribution >= 0.6 is 0 Å². The van der Waals surface area contributed by atoms with Gasteiger partial charge in [-0.1, -0.05) is 19.9 Å². The molecule has 1 aliphatic carbocycles. The number of hydrazine groups is 1. The molecule has 4 N–H and O–H groups in total. The van der Waals surface area contributed by atoms with E-state index in [4.69, 9.17) is 5.84 Å². The van der Waals surface area contributed by atoms with E-state index in [0.717, 1.165) is 18.3 Å². The average molecular weight is 206 g/mol. The van der Waals surface area contributed by atoms with Gasteiger partial charge in [-0.25, -0.2) is 10.8 Å². The summed E-state index contributed by atoms with van der Waals surface area (Å²) in [6, 6.07) is 5.73. The van der Waals surface area contributed by atoms with E-state index in [1.54, 1.807) is 0 Å². The standard InChI is InChI=1S/C11H18N4/c1-11(2)6-8(11)7-13-9-4-3-5-10(14-9)15-12/h3-5,8H,6-7,12H2,1-2H3,(H2,13,14,15). The van der Waals surface area contributed by atoms with E-state index in [1.165, 1.54) is 6.42 Å². The normalized spacial score (nSPS) is 22.2. The SMILES string of the molecule is CC1(C)CC1CNc1cccc(NN)n1. The highest BCUT2D eigenvalue weighted by atomic mass is 15.3. The Bertz CT molecular complexity index is 348. The molecule has 1 atom stereocenters. The molecule has 2 rings (SSSR count). The molecule has 1 aromatic heterocycles. The highest BCUT2D eigenvalue weighted by molar-refractivity contribution is 5.44. The average Bonchev–Trinajstić information content (AvgIpc) is 2.84. The number of rotatable bonds is 4. The van der Waals surface area contributed by atoms with Crippen LogP contribution < -0.4 is 16.6 Å². The van der Waals surface area contributed by atoms with Crippen molar-refractivity contribution in [1.29, 1.82) is 0 Å². The Labute approximate surface area is 90.2 Å². The maximum absolute atomic E-state index is 5.29. The Kier molecular flexibility index (Phi) is 2.52. The van der Waals surface area contributed by atoms with Gasteiger partial charge in [0.25, 0.3) is 0 Å². The lowest BCUT2D eigenvalue weighted by molar-refractivity contribution is 0.573. The lowest BCUT2D eigenvalue weighted by Gasteiger charge is -2.08. The lowest BCUT2D eigenvalue weighted by Crippen LogP contribution is -2.11. The fourth-order valence-electron chi connectivity index (χ4n) is 1.77. The zero-order valence-corrected chi connectivity index (χ0v) is 9.25.